The van der Waals surface area contributed by atoms with Gasteiger partial charge in [0.25, 0.3) is 0 Å². The zero-order valence-corrected chi connectivity index (χ0v) is 11.6. The van der Waals surface area contributed by atoms with E-state index in [1.54, 1.807) is 20.8 Å². The minimum atomic E-state index is -0.577. The lowest BCUT2D eigenvalue weighted by Crippen LogP contribution is -2.32. The molecule has 4 nitrogen and oxygen atoms in total. The van der Waals surface area contributed by atoms with Crippen LogP contribution in [0.1, 0.15) is 31.9 Å². The molecule has 0 aliphatic heterocycles. The van der Waals surface area contributed by atoms with Crippen molar-refractivity contribution in [1.82, 2.24) is 5.32 Å². The Labute approximate surface area is 117 Å². The number of amides is 1. The first-order chi connectivity index (χ1) is 9.31. The van der Waals surface area contributed by atoms with Crippen molar-refractivity contribution in [2.45, 2.75) is 26.4 Å². The lowest BCUT2D eigenvalue weighted by atomic mass is 10.1. The fourth-order valence-electron chi connectivity index (χ4n) is 1.26. The molecule has 1 rings (SSSR count). The highest BCUT2D eigenvalue weighted by Gasteiger charge is 2.14. The third-order valence-corrected chi connectivity index (χ3v) is 2.04. The molecule has 0 saturated carbocycles. The Hall–Kier alpha value is -2.53. The molecule has 0 atom stereocenters. The van der Waals surface area contributed by atoms with Crippen molar-refractivity contribution in [2.24, 2.45) is 0 Å². The van der Waals surface area contributed by atoms with Gasteiger partial charge in [-0.1, -0.05) is 11.8 Å². The van der Waals surface area contributed by atoms with Crippen molar-refractivity contribution in [1.29, 1.82) is 5.26 Å². The number of halogens is 1. The Morgan fingerprint density at radius 2 is 2.15 bits per heavy atom. The molecule has 0 aliphatic carbocycles. The van der Waals surface area contributed by atoms with Gasteiger partial charge in [0, 0.05) is 0 Å². The maximum absolute atomic E-state index is 13.5. The number of ether oxygens (including phenoxy) is 1. The first kappa shape index (κ1) is 15.5. The van der Waals surface area contributed by atoms with Crippen molar-refractivity contribution in [2.75, 3.05) is 6.54 Å². The fourth-order valence-corrected chi connectivity index (χ4v) is 1.26. The molecule has 5 heteroatoms. The summed E-state index contributed by atoms with van der Waals surface area (Å²) >= 11 is 0. The normalized spacial score (nSPS) is 9.95. The number of alkyl carbamates (subject to hydrolysis) is 1. The Bertz CT molecular complexity index is 601. The molecule has 1 N–H and O–H groups in total. The molecule has 0 fully saturated rings. The molecule has 0 aromatic heterocycles. The van der Waals surface area contributed by atoms with Crippen molar-refractivity contribution < 1.29 is 13.9 Å². The van der Waals surface area contributed by atoms with Crippen LogP contribution in [0, 0.1) is 29.0 Å². The quantitative estimate of drug-likeness (QED) is 0.801. The van der Waals surface area contributed by atoms with Crippen LogP contribution in [0.2, 0.25) is 0 Å². The lowest BCUT2D eigenvalue weighted by Gasteiger charge is -2.18. The van der Waals surface area contributed by atoms with Gasteiger partial charge in [0.2, 0.25) is 0 Å². The van der Waals surface area contributed by atoms with Crippen LogP contribution in [0.4, 0.5) is 9.18 Å². The number of carbonyl (C=O) groups excluding carboxylic acids is 1. The maximum Gasteiger partial charge on any atom is 0.408 e. The molecule has 1 aromatic carbocycles. The van der Waals surface area contributed by atoms with E-state index in [9.17, 15) is 9.18 Å². The van der Waals surface area contributed by atoms with Gasteiger partial charge < -0.3 is 10.1 Å². The number of carbonyl (C=O) groups is 1. The van der Waals surface area contributed by atoms with E-state index in [1.807, 2.05) is 6.07 Å². The second-order valence-corrected chi connectivity index (χ2v) is 4.96. The van der Waals surface area contributed by atoms with E-state index in [1.165, 1.54) is 12.1 Å². The van der Waals surface area contributed by atoms with Gasteiger partial charge in [-0.25, -0.2) is 9.18 Å². The first-order valence-electron chi connectivity index (χ1n) is 5.97. The summed E-state index contributed by atoms with van der Waals surface area (Å²) in [5, 5.41) is 11.0. The van der Waals surface area contributed by atoms with Gasteiger partial charge in [0.15, 0.2) is 0 Å². The molecule has 0 radical (unpaired) electrons. The van der Waals surface area contributed by atoms with E-state index in [4.69, 9.17) is 10.00 Å². The van der Waals surface area contributed by atoms with Crippen LogP contribution in [0.25, 0.3) is 0 Å². The number of nitriles is 1. The van der Waals surface area contributed by atoms with Crippen molar-refractivity contribution in [3.8, 4) is 17.9 Å². The van der Waals surface area contributed by atoms with Gasteiger partial charge in [-0.05, 0) is 39.0 Å². The first-order valence-corrected chi connectivity index (χ1v) is 5.97. The second kappa shape index (κ2) is 6.58. The summed E-state index contributed by atoms with van der Waals surface area (Å²) in [6.45, 7) is 5.31. The van der Waals surface area contributed by atoms with Crippen LogP contribution in [-0.4, -0.2) is 18.2 Å². The third-order valence-electron chi connectivity index (χ3n) is 2.04. The van der Waals surface area contributed by atoms with Crippen LogP contribution < -0.4 is 5.32 Å². The molecule has 0 heterocycles. The number of hydrogen-bond acceptors (Lipinski definition) is 3. The Morgan fingerprint density at radius 3 is 2.70 bits per heavy atom. The molecule has 0 spiro atoms. The van der Waals surface area contributed by atoms with Crippen molar-refractivity contribution in [3.63, 3.8) is 0 Å². The van der Waals surface area contributed by atoms with E-state index >= 15 is 0 Å². The number of hydrogen-bond donors (Lipinski definition) is 1. The van der Waals surface area contributed by atoms with E-state index in [2.05, 4.69) is 17.2 Å². The molecule has 20 heavy (non-hydrogen) atoms. The standard InChI is InChI=1S/C15H15FN2O2/c1-15(2,3)20-14(19)18-8-4-5-12-7-6-11(10-17)9-13(12)16/h6-7,9H,8H2,1-3H3,(H,18,19). The Morgan fingerprint density at radius 1 is 1.45 bits per heavy atom. The van der Waals surface area contributed by atoms with Crippen LogP contribution in [-0.2, 0) is 4.74 Å². The zero-order chi connectivity index (χ0) is 15.2. The summed E-state index contributed by atoms with van der Waals surface area (Å²) in [7, 11) is 0. The predicted molar refractivity (Wildman–Crippen MR) is 72.2 cm³/mol. The second-order valence-electron chi connectivity index (χ2n) is 4.96. The molecule has 0 unspecified atom stereocenters. The zero-order valence-electron chi connectivity index (χ0n) is 11.6. The van der Waals surface area contributed by atoms with Crippen molar-refractivity contribution in [3.05, 3.63) is 35.1 Å². The molecule has 1 aromatic rings. The summed E-state index contributed by atoms with van der Waals surface area (Å²) < 4.78 is 18.5. The summed E-state index contributed by atoms with van der Waals surface area (Å²) in [6, 6.07) is 5.86. The molecule has 104 valence electrons. The highest BCUT2D eigenvalue weighted by Crippen LogP contribution is 2.08. The van der Waals surface area contributed by atoms with E-state index in [0.29, 0.717) is 0 Å². The van der Waals surface area contributed by atoms with Crippen LogP contribution in [0.5, 0.6) is 0 Å². The average Bonchev–Trinajstić information content (AvgIpc) is 2.33. The highest BCUT2D eigenvalue weighted by molar-refractivity contribution is 5.68. The third kappa shape index (κ3) is 5.41. The van der Waals surface area contributed by atoms with Crippen LogP contribution in [0.3, 0.4) is 0 Å². The predicted octanol–water partition coefficient (Wildman–Crippen LogP) is 2.57. The Kier molecular flexibility index (Phi) is 5.11. The SMILES string of the molecule is CC(C)(C)OC(=O)NCC#Cc1ccc(C#N)cc1F. The molecule has 1 amide bonds. The maximum atomic E-state index is 13.5. The van der Waals surface area contributed by atoms with Gasteiger partial charge >= 0.3 is 6.09 Å². The van der Waals surface area contributed by atoms with E-state index in [-0.39, 0.29) is 17.7 Å². The number of benzene rings is 1. The monoisotopic (exact) mass is 274 g/mol. The fraction of sp³-hybridized carbons (Fsp3) is 0.333. The number of rotatable bonds is 1. The van der Waals surface area contributed by atoms with Gasteiger partial charge in [-0.2, -0.15) is 5.26 Å². The molecule has 0 saturated heterocycles. The molecular formula is C15H15FN2O2. The van der Waals surface area contributed by atoms with Gasteiger partial charge in [0.1, 0.15) is 11.4 Å². The minimum absolute atomic E-state index is 0.0500. The molecule has 0 aliphatic rings. The summed E-state index contributed by atoms with van der Waals surface area (Å²) in [5.41, 5.74) is -0.161. The summed E-state index contributed by atoms with van der Waals surface area (Å²) in [4.78, 5) is 11.3. The highest BCUT2D eigenvalue weighted by atomic mass is 19.1. The van der Waals surface area contributed by atoms with Crippen molar-refractivity contribution >= 4 is 6.09 Å². The molecule has 0 bridgehead atoms. The topological polar surface area (TPSA) is 62.1 Å². The number of nitrogens with zero attached hydrogens (tertiary/aromatic N) is 1. The molecular weight excluding hydrogens is 259 g/mol. The van der Waals surface area contributed by atoms with Gasteiger partial charge in [0.05, 0.1) is 23.7 Å². The van der Waals surface area contributed by atoms with Crippen LogP contribution >= 0.6 is 0 Å². The number of nitrogens with one attached hydrogen (secondary N) is 1. The smallest absolute Gasteiger partial charge is 0.408 e. The largest absolute Gasteiger partial charge is 0.444 e. The average molecular weight is 274 g/mol. The lowest BCUT2D eigenvalue weighted by molar-refractivity contribution is 0.0535. The van der Waals surface area contributed by atoms with E-state index in [0.717, 1.165) is 6.07 Å². The van der Waals surface area contributed by atoms with Gasteiger partial charge in [-0.15, -0.1) is 0 Å². The van der Waals surface area contributed by atoms with E-state index < -0.39 is 17.5 Å². The summed E-state index contributed by atoms with van der Waals surface area (Å²) in [5.74, 6) is 4.63. The summed E-state index contributed by atoms with van der Waals surface area (Å²) in [6.07, 6.45) is -0.577. The minimum Gasteiger partial charge on any atom is -0.444 e. The van der Waals surface area contributed by atoms with Crippen LogP contribution in [0.15, 0.2) is 18.2 Å². The van der Waals surface area contributed by atoms with Gasteiger partial charge in [-0.3, -0.25) is 0 Å². The Balaban J connectivity index is 2.56.